The lowest BCUT2D eigenvalue weighted by atomic mass is 9.98. The van der Waals surface area contributed by atoms with Crippen LogP contribution in [0, 0.1) is 0 Å². The first-order valence-corrected chi connectivity index (χ1v) is 7.83. The quantitative estimate of drug-likeness (QED) is 0.878. The minimum absolute atomic E-state index is 0.201. The highest BCUT2D eigenvalue weighted by atomic mass is 79.9. The maximum atomic E-state index is 12.0. The number of hydrogen-bond acceptors (Lipinski definition) is 3. The van der Waals surface area contributed by atoms with Crippen molar-refractivity contribution in [1.29, 1.82) is 0 Å². The molecular formula is C13H14BrNO3S. The van der Waals surface area contributed by atoms with Gasteiger partial charge in [0.2, 0.25) is 5.91 Å². The maximum absolute atomic E-state index is 12.0. The van der Waals surface area contributed by atoms with E-state index < -0.39 is 11.5 Å². The molecule has 6 heteroatoms. The summed E-state index contributed by atoms with van der Waals surface area (Å²) in [6, 6.07) is 7.42. The van der Waals surface area contributed by atoms with Crippen LogP contribution in [0.4, 0.5) is 0 Å². The van der Waals surface area contributed by atoms with Crippen LogP contribution < -0.4 is 5.32 Å². The predicted molar refractivity (Wildman–Crippen MR) is 78.3 cm³/mol. The summed E-state index contributed by atoms with van der Waals surface area (Å²) in [6.45, 7) is 0. The second kappa shape index (κ2) is 5.96. The number of carboxylic acids is 1. The summed E-state index contributed by atoms with van der Waals surface area (Å²) in [7, 11) is 0. The van der Waals surface area contributed by atoms with Gasteiger partial charge in [0.05, 0.1) is 6.42 Å². The fraction of sp³-hybridized carbons (Fsp3) is 0.385. The highest BCUT2D eigenvalue weighted by Gasteiger charge is 2.43. The lowest BCUT2D eigenvalue weighted by Gasteiger charge is -2.24. The number of aliphatic carboxylic acids is 1. The highest BCUT2D eigenvalue weighted by molar-refractivity contribution is 9.10. The summed E-state index contributed by atoms with van der Waals surface area (Å²) < 4.78 is 0.950. The molecule has 1 atom stereocenters. The van der Waals surface area contributed by atoms with Gasteiger partial charge >= 0.3 is 5.97 Å². The average molecular weight is 344 g/mol. The molecule has 0 aromatic heterocycles. The molecule has 1 fully saturated rings. The molecule has 2 rings (SSSR count). The number of hydrogen-bond donors (Lipinski definition) is 2. The number of nitrogens with one attached hydrogen (secondary N) is 1. The SMILES string of the molecule is O=C(Cc1ccc(Br)cc1)NC1(C(=O)O)CCSC1. The van der Waals surface area contributed by atoms with Crippen LogP contribution in [0.2, 0.25) is 0 Å². The Kier molecular flexibility index (Phi) is 4.52. The van der Waals surface area contributed by atoms with Crippen molar-refractivity contribution in [2.45, 2.75) is 18.4 Å². The molecule has 0 bridgehead atoms. The molecule has 4 nitrogen and oxygen atoms in total. The third kappa shape index (κ3) is 3.51. The first-order chi connectivity index (χ1) is 9.02. The molecule has 1 heterocycles. The Hall–Kier alpha value is -1.01. The van der Waals surface area contributed by atoms with Crippen molar-refractivity contribution in [2.24, 2.45) is 0 Å². The van der Waals surface area contributed by atoms with Gasteiger partial charge in [-0.05, 0) is 29.9 Å². The summed E-state index contributed by atoms with van der Waals surface area (Å²) in [5, 5.41) is 12.0. The lowest BCUT2D eigenvalue weighted by molar-refractivity contribution is -0.146. The van der Waals surface area contributed by atoms with E-state index in [1.54, 1.807) is 11.8 Å². The van der Waals surface area contributed by atoms with Gasteiger partial charge in [-0.2, -0.15) is 11.8 Å². The number of carbonyl (C=O) groups is 2. The van der Waals surface area contributed by atoms with Crippen LogP contribution in [0.3, 0.4) is 0 Å². The number of carboxylic acid groups (broad SMARTS) is 1. The third-order valence-corrected chi connectivity index (χ3v) is 4.81. The molecule has 0 saturated carbocycles. The molecule has 19 heavy (non-hydrogen) atoms. The Morgan fingerprint density at radius 3 is 2.58 bits per heavy atom. The third-order valence-electron chi connectivity index (χ3n) is 3.09. The number of halogens is 1. The van der Waals surface area contributed by atoms with Crippen molar-refractivity contribution in [2.75, 3.05) is 11.5 Å². The van der Waals surface area contributed by atoms with Crippen molar-refractivity contribution in [3.8, 4) is 0 Å². The van der Waals surface area contributed by atoms with Crippen LogP contribution in [0.5, 0.6) is 0 Å². The molecule has 1 saturated heterocycles. The Morgan fingerprint density at radius 2 is 2.05 bits per heavy atom. The Morgan fingerprint density at radius 1 is 1.37 bits per heavy atom. The van der Waals surface area contributed by atoms with Gasteiger partial charge in [-0.1, -0.05) is 28.1 Å². The van der Waals surface area contributed by atoms with Crippen molar-refractivity contribution in [3.63, 3.8) is 0 Å². The molecule has 2 N–H and O–H groups in total. The van der Waals surface area contributed by atoms with Crippen LogP contribution in [0.15, 0.2) is 28.7 Å². The van der Waals surface area contributed by atoms with Gasteiger partial charge in [0.1, 0.15) is 5.54 Å². The first-order valence-electron chi connectivity index (χ1n) is 5.88. The molecule has 0 radical (unpaired) electrons. The number of benzene rings is 1. The Balaban J connectivity index is 2.00. The van der Waals surface area contributed by atoms with E-state index in [2.05, 4.69) is 21.2 Å². The lowest BCUT2D eigenvalue weighted by Crippen LogP contribution is -2.55. The van der Waals surface area contributed by atoms with E-state index in [1.165, 1.54) is 0 Å². The van der Waals surface area contributed by atoms with Crippen LogP contribution in [-0.4, -0.2) is 34.0 Å². The zero-order valence-corrected chi connectivity index (χ0v) is 12.6. The van der Waals surface area contributed by atoms with Crippen LogP contribution in [0.1, 0.15) is 12.0 Å². The Labute approximate surface area is 124 Å². The predicted octanol–water partition coefficient (Wildman–Crippen LogP) is 2.07. The van der Waals surface area contributed by atoms with Crippen molar-refractivity contribution in [1.82, 2.24) is 5.32 Å². The molecule has 1 aliphatic rings. The molecule has 102 valence electrons. The average Bonchev–Trinajstić information content (AvgIpc) is 2.82. The summed E-state index contributed by atoms with van der Waals surface area (Å²) >= 11 is 4.89. The zero-order chi connectivity index (χ0) is 13.9. The summed E-state index contributed by atoms with van der Waals surface area (Å²) in [6.07, 6.45) is 0.687. The minimum atomic E-state index is -1.09. The number of thioether (sulfide) groups is 1. The fourth-order valence-electron chi connectivity index (χ4n) is 1.98. The van der Waals surface area contributed by atoms with Gasteiger partial charge in [0, 0.05) is 10.2 Å². The van der Waals surface area contributed by atoms with E-state index in [-0.39, 0.29) is 12.3 Å². The topological polar surface area (TPSA) is 66.4 Å². The van der Waals surface area contributed by atoms with Crippen molar-refractivity contribution >= 4 is 39.6 Å². The van der Waals surface area contributed by atoms with E-state index in [1.807, 2.05) is 24.3 Å². The molecule has 0 aliphatic carbocycles. The van der Waals surface area contributed by atoms with Crippen molar-refractivity contribution < 1.29 is 14.7 Å². The van der Waals surface area contributed by atoms with Gasteiger partial charge in [0.25, 0.3) is 0 Å². The fourth-order valence-corrected chi connectivity index (χ4v) is 3.57. The van der Waals surface area contributed by atoms with Crippen molar-refractivity contribution in [3.05, 3.63) is 34.3 Å². The second-order valence-corrected chi connectivity index (χ2v) is 6.56. The highest BCUT2D eigenvalue weighted by Crippen LogP contribution is 2.28. The molecule has 1 aromatic carbocycles. The number of amides is 1. The van der Waals surface area contributed by atoms with Crippen LogP contribution >= 0.6 is 27.7 Å². The molecule has 0 spiro atoms. The normalized spacial score (nSPS) is 22.2. The van der Waals surface area contributed by atoms with Gasteiger partial charge in [-0.3, -0.25) is 4.79 Å². The van der Waals surface area contributed by atoms with Gasteiger partial charge in [-0.15, -0.1) is 0 Å². The molecule has 1 unspecified atom stereocenters. The molecule has 1 aromatic rings. The standard InChI is InChI=1S/C13H14BrNO3S/c14-10-3-1-9(2-4-10)7-11(16)15-13(12(17)18)5-6-19-8-13/h1-4H,5-8H2,(H,15,16)(H,17,18). The zero-order valence-electron chi connectivity index (χ0n) is 10.2. The minimum Gasteiger partial charge on any atom is -0.479 e. The largest absolute Gasteiger partial charge is 0.479 e. The summed E-state index contributed by atoms with van der Waals surface area (Å²) in [4.78, 5) is 23.3. The van der Waals surface area contributed by atoms with Crippen LogP contribution in [0.25, 0.3) is 0 Å². The van der Waals surface area contributed by atoms with Crippen LogP contribution in [-0.2, 0) is 16.0 Å². The Bertz CT molecular complexity index is 483. The van der Waals surface area contributed by atoms with E-state index in [4.69, 9.17) is 0 Å². The molecule has 1 aliphatic heterocycles. The monoisotopic (exact) mass is 343 g/mol. The van der Waals surface area contributed by atoms with E-state index in [0.29, 0.717) is 12.2 Å². The molecule has 1 amide bonds. The van der Waals surface area contributed by atoms with Gasteiger partial charge in [0.15, 0.2) is 0 Å². The maximum Gasteiger partial charge on any atom is 0.330 e. The summed E-state index contributed by atoms with van der Waals surface area (Å²) in [5.41, 5.74) is -0.219. The van der Waals surface area contributed by atoms with Gasteiger partial charge in [-0.25, -0.2) is 4.79 Å². The first kappa shape index (κ1) is 14.4. The second-order valence-electron chi connectivity index (χ2n) is 4.54. The smallest absolute Gasteiger partial charge is 0.330 e. The van der Waals surface area contributed by atoms with E-state index in [0.717, 1.165) is 15.8 Å². The number of rotatable bonds is 4. The van der Waals surface area contributed by atoms with E-state index in [9.17, 15) is 14.7 Å². The van der Waals surface area contributed by atoms with E-state index >= 15 is 0 Å². The molecular weight excluding hydrogens is 330 g/mol. The van der Waals surface area contributed by atoms with Gasteiger partial charge < -0.3 is 10.4 Å². The number of carbonyl (C=O) groups excluding carboxylic acids is 1. The summed E-state index contributed by atoms with van der Waals surface area (Å²) in [5.74, 6) is 0.0214.